The maximum atomic E-state index is 13.7. The number of likely N-dealkylation sites (tertiary alicyclic amines) is 1. The van der Waals surface area contributed by atoms with Crippen molar-refractivity contribution < 1.29 is 23.8 Å². The van der Waals surface area contributed by atoms with Crippen LogP contribution in [0.3, 0.4) is 0 Å². The second-order valence-corrected chi connectivity index (χ2v) is 7.33. The number of carbonyl (C=O) groups is 2. The highest BCUT2D eigenvalue weighted by atomic mass is 19.1. The van der Waals surface area contributed by atoms with Gasteiger partial charge in [-0.15, -0.1) is 0 Å². The second kappa shape index (κ2) is 7.94. The molecule has 2 aromatic carbocycles. The Kier molecular flexibility index (Phi) is 5.63. The van der Waals surface area contributed by atoms with Gasteiger partial charge in [0, 0.05) is 37.2 Å². The molecule has 0 atom stereocenters. The number of halogens is 1. The number of hydrogen-bond acceptors (Lipinski definition) is 3. The molecule has 3 rings (SSSR count). The normalized spacial score (nSPS) is 15.3. The molecule has 0 spiro atoms. The van der Waals surface area contributed by atoms with E-state index in [2.05, 4.69) is 0 Å². The molecule has 6 heteroatoms. The van der Waals surface area contributed by atoms with Crippen molar-refractivity contribution in [3.8, 4) is 5.75 Å². The summed E-state index contributed by atoms with van der Waals surface area (Å²) in [5, 5.41) is 10.5. The van der Waals surface area contributed by atoms with Crippen LogP contribution in [0.5, 0.6) is 5.75 Å². The molecule has 0 radical (unpaired) electrons. The zero-order valence-corrected chi connectivity index (χ0v) is 15.6. The first-order chi connectivity index (χ1) is 12.8. The molecule has 0 bridgehead atoms. The van der Waals surface area contributed by atoms with Gasteiger partial charge in [0.25, 0.3) is 0 Å². The minimum Gasteiger partial charge on any atom is -0.490 e. The molecular formula is C21H24FNO4. The molecule has 1 saturated heterocycles. The van der Waals surface area contributed by atoms with Crippen molar-refractivity contribution in [1.82, 2.24) is 4.90 Å². The summed E-state index contributed by atoms with van der Waals surface area (Å²) in [6, 6.07) is 7.83. The van der Waals surface area contributed by atoms with Gasteiger partial charge >= 0.3 is 5.97 Å². The van der Waals surface area contributed by atoms with Crippen LogP contribution in [0.25, 0.3) is 10.8 Å². The number of hydrogen-bond donors (Lipinski definition) is 1. The van der Waals surface area contributed by atoms with Crippen molar-refractivity contribution in [1.29, 1.82) is 0 Å². The first-order valence-electron chi connectivity index (χ1n) is 9.23. The summed E-state index contributed by atoms with van der Waals surface area (Å²) >= 11 is 0. The number of benzene rings is 2. The van der Waals surface area contributed by atoms with Gasteiger partial charge in [0.1, 0.15) is 17.7 Å². The molecule has 1 aliphatic heterocycles. The van der Waals surface area contributed by atoms with E-state index in [0.29, 0.717) is 42.6 Å². The van der Waals surface area contributed by atoms with Crippen molar-refractivity contribution in [2.45, 2.75) is 39.2 Å². The van der Waals surface area contributed by atoms with Gasteiger partial charge in [-0.25, -0.2) is 4.39 Å². The predicted octanol–water partition coefficient (Wildman–Crippen LogP) is 3.63. The smallest absolute Gasteiger partial charge is 0.307 e. The van der Waals surface area contributed by atoms with Gasteiger partial charge in [-0.3, -0.25) is 9.59 Å². The first kappa shape index (κ1) is 19.1. The maximum absolute atomic E-state index is 13.7. The predicted molar refractivity (Wildman–Crippen MR) is 100 cm³/mol. The highest BCUT2D eigenvalue weighted by Gasteiger charge is 2.25. The third-order valence-corrected chi connectivity index (χ3v) is 4.83. The molecule has 1 heterocycles. The molecule has 0 aromatic heterocycles. The molecule has 0 saturated carbocycles. The highest BCUT2D eigenvalue weighted by molar-refractivity contribution is 5.90. The number of aliphatic carboxylic acids is 1. The number of fused-ring (bicyclic) bond motifs is 1. The number of ether oxygens (including phenoxy) is 1. The summed E-state index contributed by atoms with van der Waals surface area (Å²) < 4.78 is 19.9. The van der Waals surface area contributed by atoms with E-state index in [1.165, 1.54) is 12.1 Å². The summed E-state index contributed by atoms with van der Waals surface area (Å²) in [6.07, 6.45) is 1.18. The fourth-order valence-corrected chi connectivity index (χ4v) is 3.47. The Hall–Kier alpha value is -2.63. The van der Waals surface area contributed by atoms with Crippen molar-refractivity contribution in [2.24, 2.45) is 5.92 Å². The Labute approximate surface area is 157 Å². The van der Waals surface area contributed by atoms with Gasteiger partial charge in [0.15, 0.2) is 0 Å². The zero-order chi connectivity index (χ0) is 19.6. The van der Waals surface area contributed by atoms with E-state index in [9.17, 15) is 14.0 Å². The van der Waals surface area contributed by atoms with Crippen LogP contribution >= 0.6 is 0 Å². The second-order valence-electron chi connectivity index (χ2n) is 7.33. The number of nitrogens with zero attached hydrogens (tertiary/aromatic N) is 1. The standard InChI is InChI=1S/C21H24FNO4/c1-13(2)21(26)23-7-5-17(6-8-23)27-19-10-14(11-20(24)25)9-15-3-4-16(22)12-18(15)19/h3-4,9-10,12-13,17H,5-8,11H2,1-2H3,(H,24,25). The lowest BCUT2D eigenvalue weighted by Crippen LogP contribution is -2.43. The Morgan fingerprint density at radius 2 is 1.93 bits per heavy atom. The monoisotopic (exact) mass is 373 g/mol. The largest absolute Gasteiger partial charge is 0.490 e. The van der Waals surface area contributed by atoms with E-state index in [1.54, 1.807) is 18.2 Å². The summed E-state index contributed by atoms with van der Waals surface area (Å²) in [6.45, 7) is 5.03. The Bertz CT molecular complexity index is 857. The third kappa shape index (κ3) is 4.56. The van der Waals surface area contributed by atoms with Crippen molar-refractivity contribution in [3.05, 3.63) is 41.7 Å². The van der Waals surface area contributed by atoms with Gasteiger partial charge in [-0.05, 0) is 29.1 Å². The maximum Gasteiger partial charge on any atom is 0.307 e. The molecule has 1 aliphatic rings. The molecule has 1 amide bonds. The molecular weight excluding hydrogens is 349 g/mol. The first-order valence-corrected chi connectivity index (χ1v) is 9.23. The summed E-state index contributed by atoms with van der Waals surface area (Å²) in [5.74, 6) is -0.679. The van der Waals surface area contributed by atoms with Crippen molar-refractivity contribution in [3.63, 3.8) is 0 Å². The molecule has 2 aromatic rings. The number of carbonyl (C=O) groups excluding carboxylic acids is 1. The fraction of sp³-hybridized carbons (Fsp3) is 0.429. The average Bonchev–Trinajstić information content (AvgIpc) is 2.61. The van der Waals surface area contributed by atoms with Crippen LogP contribution in [0.15, 0.2) is 30.3 Å². The SMILES string of the molecule is CC(C)C(=O)N1CCC(Oc2cc(CC(=O)O)cc3ccc(F)cc23)CC1. The van der Waals surface area contributed by atoms with Crippen molar-refractivity contribution >= 4 is 22.6 Å². The van der Waals surface area contributed by atoms with Crippen LogP contribution in [0.4, 0.5) is 4.39 Å². The number of carboxylic acids is 1. The quantitative estimate of drug-likeness (QED) is 0.869. The Balaban J connectivity index is 1.80. The highest BCUT2D eigenvalue weighted by Crippen LogP contribution is 2.31. The molecule has 5 nitrogen and oxygen atoms in total. The Morgan fingerprint density at radius 1 is 1.22 bits per heavy atom. The fourth-order valence-electron chi connectivity index (χ4n) is 3.47. The van der Waals surface area contributed by atoms with E-state index < -0.39 is 5.97 Å². The summed E-state index contributed by atoms with van der Waals surface area (Å²) in [7, 11) is 0. The number of carboxylic acid groups (broad SMARTS) is 1. The molecule has 0 aliphatic carbocycles. The Morgan fingerprint density at radius 3 is 2.56 bits per heavy atom. The van der Waals surface area contributed by atoms with E-state index in [1.807, 2.05) is 18.7 Å². The van der Waals surface area contributed by atoms with E-state index in [-0.39, 0.29) is 30.2 Å². The van der Waals surface area contributed by atoms with E-state index in [0.717, 1.165) is 5.39 Å². The number of rotatable bonds is 5. The summed E-state index contributed by atoms with van der Waals surface area (Å²) in [4.78, 5) is 25.0. The number of amides is 1. The van der Waals surface area contributed by atoms with E-state index >= 15 is 0 Å². The number of piperidine rings is 1. The lowest BCUT2D eigenvalue weighted by Gasteiger charge is -2.33. The third-order valence-electron chi connectivity index (χ3n) is 4.83. The molecule has 1 N–H and O–H groups in total. The molecule has 1 fully saturated rings. The van der Waals surface area contributed by atoms with Crippen LogP contribution in [-0.4, -0.2) is 41.1 Å². The van der Waals surface area contributed by atoms with Crippen LogP contribution in [0.2, 0.25) is 0 Å². The topological polar surface area (TPSA) is 66.8 Å². The minimum atomic E-state index is -0.928. The van der Waals surface area contributed by atoms with Crippen LogP contribution in [0.1, 0.15) is 32.3 Å². The van der Waals surface area contributed by atoms with Crippen molar-refractivity contribution in [2.75, 3.05) is 13.1 Å². The summed E-state index contributed by atoms with van der Waals surface area (Å²) in [5.41, 5.74) is 0.615. The minimum absolute atomic E-state index is 0.0258. The van der Waals surface area contributed by atoms with Crippen LogP contribution < -0.4 is 4.74 Å². The lowest BCUT2D eigenvalue weighted by molar-refractivity contribution is -0.137. The molecule has 0 unspecified atom stereocenters. The van der Waals surface area contributed by atoms with Gasteiger partial charge in [-0.1, -0.05) is 26.0 Å². The lowest BCUT2D eigenvalue weighted by atomic mass is 10.0. The van der Waals surface area contributed by atoms with Crippen LogP contribution in [0, 0.1) is 11.7 Å². The van der Waals surface area contributed by atoms with Gasteiger partial charge in [-0.2, -0.15) is 0 Å². The zero-order valence-electron chi connectivity index (χ0n) is 15.6. The van der Waals surface area contributed by atoms with Gasteiger partial charge in [0.05, 0.1) is 6.42 Å². The van der Waals surface area contributed by atoms with Crippen LogP contribution in [-0.2, 0) is 16.0 Å². The average molecular weight is 373 g/mol. The molecule has 27 heavy (non-hydrogen) atoms. The van der Waals surface area contributed by atoms with E-state index in [4.69, 9.17) is 9.84 Å². The van der Waals surface area contributed by atoms with Gasteiger partial charge < -0.3 is 14.7 Å². The van der Waals surface area contributed by atoms with Gasteiger partial charge in [0.2, 0.25) is 5.91 Å². The molecule has 144 valence electrons.